The first-order valence-corrected chi connectivity index (χ1v) is 15.5. The monoisotopic (exact) mass is 605 g/mol. The van der Waals surface area contributed by atoms with Crippen molar-refractivity contribution in [1.29, 1.82) is 0 Å². The van der Waals surface area contributed by atoms with Gasteiger partial charge in [0, 0.05) is 23.8 Å². The van der Waals surface area contributed by atoms with Gasteiger partial charge < -0.3 is 15.3 Å². The van der Waals surface area contributed by atoms with E-state index in [0.717, 1.165) is 16.5 Å². The number of carboxylic acid groups (broad SMARTS) is 1. The summed E-state index contributed by atoms with van der Waals surface area (Å²) in [6.07, 6.45) is -0.906. The van der Waals surface area contributed by atoms with Gasteiger partial charge in [-0.2, -0.15) is 4.31 Å². The van der Waals surface area contributed by atoms with E-state index in [1.807, 2.05) is 0 Å². The average molecular weight is 606 g/mol. The molecule has 12 heteroatoms. The summed E-state index contributed by atoms with van der Waals surface area (Å²) in [6.45, 7) is 1.43. The third-order valence-electron chi connectivity index (χ3n) is 11.5. The molecule has 0 radical (unpaired) electrons. The SMILES string of the molecule is C[C@]12C=CC(=O)C=C1[C@@H](F)C[C@H]1[C@@H]3C[C@H]4C(C(=O)O)N(S(=O)(=O)c5ccccc5)C[C@@]4(C(=O)CO)[C@@]3(C)C[C@H](O)[C@@]12F. The van der Waals surface area contributed by atoms with Crippen molar-refractivity contribution in [2.45, 2.75) is 62.0 Å². The van der Waals surface area contributed by atoms with Gasteiger partial charge in [0.05, 0.1) is 16.4 Å². The highest BCUT2D eigenvalue weighted by atomic mass is 32.2. The molecule has 10 atom stereocenters. The normalized spacial score (nSPS) is 44.5. The molecule has 0 spiro atoms. The Balaban J connectivity index is 1.52. The van der Waals surface area contributed by atoms with E-state index in [9.17, 15) is 38.1 Å². The predicted octanol–water partition coefficient (Wildman–Crippen LogP) is 2.24. The van der Waals surface area contributed by atoms with E-state index in [2.05, 4.69) is 0 Å². The van der Waals surface area contributed by atoms with Gasteiger partial charge in [-0.1, -0.05) is 31.2 Å². The number of hydrogen-bond donors (Lipinski definition) is 3. The number of Topliss-reactive ketones (excluding diaryl/α,β-unsaturated/α-hetero) is 1. The van der Waals surface area contributed by atoms with Gasteiger partial charge in [-0.25, -0.2) is 17.2 Å². The number of fused-ring (bicyclic) bond motifs is 7. The molecule has 1 aromatic rings. The van der Waals surface area contributed by atoms with Crippen LogP contribution in [0.5, 0.6) is 0 Å². The van der Waals surface area contributed by atoms with Crippen LogP contribution in [0.25, 0.3) is 0 Å². The van der Waals surface area contributed by atoms with Crippen LogP contribution in [0, 0.1) is 34.0 Å². The third-order valence-corrected chi connectivity index (χ3v) is 13.4. The minimum Gasteiger partial charge on any atom is -0.480 e. The molecule has 1 heterocycles. The second-order valence-electron chi connectivity index (χ2n) is 12.9. The third kappa shape index (κ3) is 3.32. The first kappa shape index (κ1) is 29.3. The van der Waals surface area contributed by atoms with E-state index in [4.69, 9.17) is 0 Å². The zero-order valence-corrected chi connectivity index (χ0v) is 23.9. The number of aliphatic carboxylic acids is 1. The molecule has 3 N–H and O–H groups in total. The van der Waals surface area contributed by atoms with E-state index < -0.39 is 105 Å². The van der Waals surface area contributed by atoms with Crippen LogP contribution in [0.1, 0.15) is 33.1 Å². The first-order chi connectivity index (χ1) is 19.6. The van der Waals surface area contributed by atoms with Crippen LogP contribution < -0.4 is 0 Å². The lowest BCUT2D eigenvalue weighted by Gasteiger charge is -2.63. The molecular weight excluding hydrogens is 572 g/mol. The summed E-state index contributed by atoms with van der Waals surface area (Å²) in [5.74, 6) is -5.99. The minimum absolute atomic E-state index is 0.0701. The topological polar surface area (TPSA) is 149 Å². The van der Waals surface area contributed by atoms with Gasteiger partial charge in [0.2, 0.25) is 10.0 Å². The van der Waals surface area contributed by atoms with Crippen LogP contribution in [-0.4, -0.2) is 82.7 Å². The Morgan fingerprint density at radius 2 is 1.76 bits per heavy atom. The van der Waals surface area contributed by atoms with Crippen LogP contribution in [-0.2, 0) is 24.4 Å². The average Bonchev–Trinajstić information content (AvgIpc) is 3.43. The number of nitrogens with zero attached hydrogens (tertiary/aromatic N) is 1. The molecule has 1 aromatic carbocycles. The molecule has 4 fully saturated rings. The van der Waals surface area contributed by atoms with Crippen LogP contribution in [0.3, 0.4) is 0 Å². The van der Waals surface area contributed by atoms with Gasteiger partial charge in [0.15, 0.2) is 17.2 Å². The molecule has 9 nitrogen and oxygen atoms in total. The van der Waals surface area contributed by atoms with E-state index in [-0.39, 0.29) is 23.3 Å². The van der Waals surface area contributed by atoms with Gasteiger partial charge in [0.1, 0.15) is 18.8 Å². The number of carbonyl (C=O) groups excluding carboxylic acids is 2. The number of halogens is 2. The van der Waals surface area contributed by atoms with Gasteiger partial charge >= 0.3 is 5.97 Å². The largest absolute Gasteiger partial charge is 0.480 e. The second kappa shape index (κ2) is 9.10. The maximum Gasteiger partial charge on any atom is 0.322 e. The van der Waals surface area contributed by atoms with Crippen molar-refractivity contribution >= 4 is 27.6 Å². The van der Waals surface area contributed by atoms with Crippen molar-refractivity contribution < 1.29 is 46.9 Å². The number of aliphatic hydroxyl groups excluding tert-OH is 2. The molecule has 42 heavy (non-hydrogen) atoms. The Morgan fingerprint density at radius 1 is 1.10 bits per heavy atom. The highest BCUT2D eigenvalue weighted by Crippen LogP contribution is 2.75. The predicted molar refractivity (Wildman–Crippen MR) is 144 cm³/mol. The molecular formula is C30H33F2NO8S. The number of rotatable bonds is 5. The van der Waals surface area contributed by atoms with Crippen molar-refractivity contribution in [3.05, 3.63) is 54.1 Å². The molecule has 1 saturated heterocycles. The first-order valence-electron chi connectivity index (χ1n) is 14.0. The molecule has 0 amide bonds. The minimum atomic E-state index is -4.43. The fourth-order valence-corrected chi connectivity index (χ4v) is 11.3. The van der Waals surface area contributed by atoms with E-state index in [1.165, 1.54) is 37.3 Å². The number of hydrogen-bond acceptors (Lipinski definition) is 7. The standard InChI is InChI=1S/C30H33F2NO8S/c1-27-9-8-16(35)10-20(27)22(31)12-19-18-11-21-25(26(38)39)33(42(40,41)17-6-4-3-5-7-17)15-29(21,24(37)14-34)28(18,2)13-23(36)30(19,27)32/h3-10,18-19,21-23,25,34,36H,11-15H2,1-2H3,(H,38,39)/t18-,19-,21-,22-,23-,25?,27-,28-,29+,30-/m0/s1. The van der Waals surface area contributed by atoms with E-state index in [0.29, 0.717) is 0 Å². The van der Waals surface area contributed by atoms with Gasteiger partial charge in [-0.15, -0.1) is 0 Å². The van der Waals surface area contributed by atoms with Crippen molar-refractivity contribution in [1.82, 2.24) is 4.31 Å². The Kier molecular flexibility index (Phi) is 6.35. The zero-order chi connectivity index (χ0) is 30.6. The summed E-state index contributed by atoms with van der Waals surface area (Å²) in [6, 6.07) is 5.47. The summed E-state index contributed by atoms with van der Waals surface area (Å²) in [7, 11) is -4.43. The number of carbonyl (C=O) groups is 3. The molecule has 0 aromatic heterocycles. The second-order valence-corrected chi connectivity index (χ2v) is 14.8. The zero-order valence-electron chi connectivity index (χ0n) is 23.1. The Bertz CT molecular complexity index is 1550. The molecule has 0 bridgehead atoms. The van der Waals surface area contributed by atoms with Gasteiger partial charge in [-0.05, 0) is 67.4 Å². The molecule has 5 aliphatic rings. The quantitative estimate of drug-likeness (QED) is 0.463. The van der Waals surface area contributed by atoms with E-state index >= 15 is 8.78 Å². The summed E-state index contributed by atoms with van der Waals surface area (Å²) in [5.41, 5.74) is -7.39. The Morgan fingerprint density at radius 3 is 2.38 bits per heavy atom. The number of allylic oxidation sites excluding steroid dienone is 4. The fourth-order valence-electron chi connectivity index (χ4n) is 9.65. The summed E-state index contributed by atoms with van der Waals surface area (Å²) < 4.78 is 61.8. The lowest BCUT2D eigenvalue weighted by atomic mass is 9.43. The fraction of sp³-hybridized carbons (Fsp3) is 0.567. The van der Waals surface area contributed by atoms with Gasteiger partial charge in [0.25, 0.3) is 0 Å². The van der Waals surface area contributed by atoms with Crippen LogP contribution >= 0.6 is 0 Å². The number of benzene rings is 1. The summed E-state index contributed by atoms with van der Waals surface area (Å²) in [4.78, 5) is 38.6. The number of aliphatic hydroxyl groups is 2. The number of ketones is 2. The Hall–Kier alpha value is -2.80. The molecule has 1 aliphatic heterocycles. The van der Waals surface area contributed by atoms with Crippen molar-refractivity contribution in [3.8, 4) is 0 Å². The van der Waals surface area contributed by atoms with Crippen LogP contribution in [0.2, 0.25) is 0 Å². The van der Waals surface area contributed by atoms with Crippen molar-refractivity contribution in [2.24, 2.45) is 34.0 Å². The lowest BCUT2D eigenvalue weighted by Crippen LogP contribution is -2.69. The highest BCUT2D eigenvalue weighted by Gasteiger charge is 2.80. The molecule has 3 saturated carbocycles. The lowest BCUT2D eigenvalue weighted by molar-refractivity contribution is -0.211. The van der Waals surface area contributed by atoms with Crippen molar-refractivity contribution in [2.75, 3.05) is 13.2 Å². The molecule has 4 aliphatic carbocycles. The van der Waals surface area contributed by atoms with Crippen molar-refractivity contribution in [3.63, 3.8) is 0 Å². The molecule has 6 rings (SSSR count). The summed E-state index contributed by atoms with van der Waals surface area (Å²) >= 11 is 0. The highest BCUT2D eigenvalue weighted by molar-refractivity contribution is 7.89. The number of alkyl halides is 2. The summed E-state index contributed by atoms with van der Waals surface area (Å²) in [5, 5.41) is 32.2. The van der Waals surface area contributed by atoms with Gasteiger partial charge in [-0.3, -0.25) is 14.4 Å². The Labute approximate surface area is 242 Å². The van der Waals surface area contributed by atoms with Crippen LogP contribution in [0.4, 0.5) is 8.78 Å². The van der Waals surface area contributed by atoms with E-state index in [1.54, 1.807) is 13.0 Å². The van der Waals surface area contributed by atoms with Crippen LogP contribution in [0.15, 0.2) is 59.0 Å². The number of carboxylic acids is 1. The maximum absolute atomic E-state index is 17.6. The number of sulfonamides is 1. The molecule has 1 unspecified atom stereocenters. The molecule has 226 valence electrons. The smallest absolute Gasteiger partial charge is 0.322 e. The maximum atomic E-state index is 17.6.